The number of carbonyl (C=O) groups excluding carboxylic acids is 1. The number of aryl methyl sites for hydroxylation is 1. The molecule has 0 aliphatic heterocycles. The number of H-pyrrole nitrogens is 1. The molecule has 0 aliphatic carbocycles. The maximum Gasteiger partial charge on any atom is 0.323 e. The first kappa shape index (κ1) is 20.9. The van der Waals surface area contributed by atoms with Crippen LogP contribution in [-0.4, -0.2) is 33.4 Å². The molecular weight excluding hydrogens is 395 g/mol. The number of nitrogens with one attached hydrogen (secondary N) is 1. The molecule has 7 heteroatoms. The molecule has 2 N–H and O–H groups in total. The highest BCUT2D eigenvalue weighted by Crippen LogP contribution is 2.30. The molecule has 2 aromatic carbocycles. The van der Waals surface area contributed by atoms with E-state index in [-0.39, 0.29) is 17.5 Å². The largest absolute Gasteiger partial charge is 0.480 e. The highest BCUT2D eigenvalue weighted by molar-refractivity contribution is 6.30. The second kappa shape index (κ2) is 8.25. The summed E-state index contributed by atoms with van der Waals surface area (Å²) in [6.07, 6.45) is 0. The predicted octanol–water partition coefficient (Wildman–Crippen LogP) is 5.12. The van der Waals surface area contributed by atoms with Crippen LogP contribution in [0.3, 0.4) is 0 Å². The number of carboxylic acids is 1. The Hall–Kier alpha value is -2.86. The van der Waals surface area contributed by atoms with Crippen molar-refractivity contribution < 1.29 is 19.1 Å². The fourth-order valence-corrected chi connectivity index (χ4v) is 3.83. The van der Waals surface area contributed by atoms with E-state index in [0.29, 0.717) is 11.1 Å². The summed E-state index contributed by atoms with van der Waals surface area (Å²) in [5, 5.41) is 10.1. The molecule has 5 nitrogen and oxygen atoms in total. The number of carbonyl (C=O) groups is 2. The van der Waals surface area contributed by atoms with Crippen LogP contribution in [0.5, 0.6) is 0 Å². The van der Waals surface area contributed by atoms with Gasteiger partial charge in [0.1, 0.15) is 12.4 Å². The van der Waals surface area contributed by atoms with Crippen molar-refractivity contribution in [1.82, 2.24) is 9.88 Å². The molecule has 29 heavy (non-hydrogen) atoms. The molecule has 3 aromatic rings. The SMILES string of the molecule is Cc1[nH]c2ccc(C(=O)N(CC(=O)O)Cc3ccc(F)c(Cl)c3)cc2c1C(C)C. The van der Waals surface area contributed by atoms with Gasteiger partial charge < -0.3 is 15.0 Å². The van der Waals surface area contributed by atoms with Gasteiger partial charge in [-0.3, -0.25) is 9.59 Å². The van der Waals surface area contributed by atoms with Gasteiger partial charge in [-0.15, -0.1) is 0 Å². The van der Waals surface area contributed by atoms with Crippen LogP contribution >= 0.6 is 11.6 Å². The third-order valence-electron chi connectivity index (χ3n) is 4.83. The molecule has 1 heterocycles. The lowest BCUT2D eigenvalue weighted by Crippen LogP contribution is -2.35. The lowest BCUT2D eigenvalue weighted by molar-refractivity contribution is -0.137. The molecule has 0 unspecified atom stereocenters. The Labute approximate surface area is 173 Å². The third-order valence-corrected chi connectivity index (χ3v) is 5.12. The van der Waals surface area contributed by atoms with Gasteiger partial charge in [-0.1, -0.05) is 31.5 Å². The van der Waals surface area contributed by atoms with E-state index in [1.807, 2.05) is 13.0 Å². The molecule has 3 rings (SSSR count). The van der Waals surface area contributed by atoms with Crippen molar-refractivity contribution in [2.45, 2.75) is 33.2 Å². The summed E-state index contributed by atoms with van der Waals surface area (Å²) in [5.41, 5.74) is 4.05. The normalized spacial score (nSPS) is 11.2. The minimum atomic E-state index is -1.13. The van der Waals surface area contributed by atoms with Crippen LogP contribution in [0.25, 0.3) is 10.9 Å². The zero-order valence-corrected chi connectivity index (χ0v) is 17.2. The Morgan fingerprint density at radius 1 is 1.21 bits per heavy atom. The fourth-order valence-electron chi connectivity index (χ4n) is 3.63. The predicted molar refractivity (Wildman–Crippen MR) is 111 cm³/mol. The number of fused-ring (bicyclic) bond motifs is 1. The first-order chi connectivity index (χ1) is 13.7. The van der Waals surface area contributed by atoms with E-state index in [4.69, 9.17) is 11.6 Å². The lowest BCUT2D eigenvalue weighted by atomic mass is 9.98. The number of aromatic nitrogens is 1. The average Bonchev–Trinajstić information content (AvgIpc) is 2.98. The van der Waals surface area contributed by atoms with Gasteiger partial charge in [0.05, 0.1) is 5.02 Å². The third kappa shape index (κ3) is 4.43. The van der Waals surface area contributed by atoms with Crippen LogP contribution in [0.15, 0.2) is 36.4 Å². The van der Waals surface area contributed by atoms with Gasteiger partial charge in [0.15, 0.2) is 0 Å². The molecule has 0 fully saturated rings. The van der Waals surface area contributed by atoms with Crippen LogP contribution in [-0.2, 0) is 11.3 Å². The van der Waals surface area contributed by atoms with Gasteiger partial charge in [-0.05, 0) is 54.3 Å². The van der Waals surface area contributed by atoms with Crippen LogP contribution in [0.4, 0.5) is 4.39 Å². The number of benzene rings is 2. The van der Waals surface area contributed by atoms with E-state index < -0.39 is 24.2 Å². The van der Waals surface area contributed by atoms with Crippen LogP contribution in [0, 0.1) is 12.7 Å². The van der Waals surface area contributed by atoms with Gasteiger partial charge >= 0.3 is 5.97 Å². The Kier molecular flexibility index (Phi) is 5.94. The van der Waals surface area contributed by atoms with Crippen LogP contribution in [0.1, 0.15) is 46.9 Å². The van der Waals surface area contributed by atoms with Gasteiger partial charge in [0, 0.05) is 28.7 Å². The molecule has 0 spiro atoms. The number of nitrogens with zero attached hydrogens (tertiary/aromatic N) is 1. The second-order valence-electron chi connectivity index (χ2n) is 7.38. The van der Waals surface area contributed by atoms with E-state index in [1.54, 1.807) is 12.1 Å². The first-order valence-corrected chi connectivity index (χ1v) is 9.62. The van der Waals surface area contributed by atoms with Crippen molar-refractivity contribution in [3.63, 3.8) is 0 Å². The van der Waals surface area contributed by atoms with Crippen molar-refractivity contribution in [1.29, 1.82) is 0 Å². The smallest absolute Gasteiger partial charge is 0.323 e. The van der Waals surface area contributed by atoms with E-state index in [2.05, 4.69) is 18.8 Å². The monoisotopic (exact) mass is 416 g/mol. The summed E-state index contributed by atoms with van der Waals surface area (Å²) in [6.45, 7) is 5.69. The molecule has 0 bridgehead atoms. The van der Waals surface area contributed by atoms with Crippen molar-refractivity contribution in [3.8, 4) is 0 Å². The molecule has 0 radical (unpaired) electrons. The molecule has 0 saturated carbocycles. The van der Waals surface area contributed by atoms with Crippen molar-refractivity contribution >= 4 is 34.4 Å². The van der Waals surface area contributed by atoms with Crippen molar-refractivity contribution in [2.24, 2.45) is 0 Å². The number of hydrogen-bond acceptors (Lipinski definition) is 2. The molecule has 0 aliphatic rings. The van der Waals surface area contributed by atoms with Crippen molar-refractivity contribution in [3.05, 3.63) is 69.6 Å². The average molecular weight is 417 g/mol. The highest BCUT2D eigenvalue weighted by Gasteiger charge is 2.21. The number of amides is 1. The Bertz CT molecular complexity index is 1090. The Balaban J connectivity index is 1.97. The molecule has 0 saturated heterocycles. The number of halogens is 2. The minimum absolute atomic E-state index is 0.00632. The van der Waals surface area contributed by atoms with Crippen LogP contribution < -0.4 is 0 Å². The summed E-state index contributed by atoms with van der Waals surface area (Å²) >= 11 is 5.82. The van der Waals surface area contributed by atoms with E-state index in [0.717, 1.165) is 22.2 Å². The lowest BCUT2D eigenvalue weighted by Gasteiger charge is -2.21. The maximum atomic E-state index is 13.4. The number of aromatic amines is 1. The topological polar surface area (TPSA) is 73.4 Å². The highest BCUT2D eigenvalue weighted by atomic mass is 35.5. The number of hydrogen-bond donors (Lipinski definition) is 2. The zero-order valence-electron chi connectivity index (χ0n) is 16.4. The standard InChI is InChI=1S/C22H22ClFN2O3/c1-12(2)21-13(3)25-19-7-5-15(9-16(19)21)22(29)26(11-20(27)28)10-14-4-6-18(24)17(23)8-14/h4-9,12,25H,10-11H2,1-3H3,(H,27,28). The molecular formula is C22H22ClFN2O3. The summed E-state index contributed by atoms with van der Waals surface area (Å²) in [7, 11) is 0. The van der Waals surface area contributed by atoms with Crippen LogP contribution in [0.2, 0.25) is 5.02 Å². The zero-order chi connectivity index (χ0) is 21.3. The van der Waals surface area contributed by atoms with Crippen molar-refractivity contribution in [2.75, 3.05) is 6.54 Å². The van der Waals surface area contributed by atoms with E-state index >= 15 is 0 Å². The Morgan fingerprint density at radius 3 is 2.55 bits per heavy atom. The van der Waals surface area contributed by atoms with Gasteiger partial charge in [-0.25, -0.2) is 4.39 Å². The molecule has 1 aromatic heterocycles. The number of carboxylic acid groups (broad SMARTS) is 1. The van der Waals surface area contributed by atoms with Gasteiger partial charge in [0.25, 0.3) is 5.91 Å². The molecule has 152 valence electrons. The molecule has 0 atom stereocenters. The number of aliphatic carboxylic acids is 1. The summed E-state index contributed by atoms with van der Waals surface area (Å²) in [5.74, 6) is -1.84. The second-order valence-corrected chi connectivity index (χ2v) is 7.79. The molecule has 1 amide bonds. The van der Waals surface area contributed by atoms with Gasteiger partial charge in [-0.2, -0.15) is 0 Å². The summed E-state index contributed by atoms with van der Waals surface area (Å²) in [6, 6.07) is 9.38. The maximum absolute atomic E-state index is 13.4. The van der Waals surface area contributed by atoms with Gasteiger partial charge in [0.2, 0.25) is 0 Å². The summed E-state index contributed by atoms with van der Waals surface area (Å²) in [4.78, 5) is 29.0. The Morgan fingerprint density at radius 2 is 1.93 bits per heavy atom. The van der Waals surface area contributed by atoms with E-state index in [1.165, 1.54) is 23.1 Å². The number of rotatable bonds is 6. The fraction of sp³-hybridized carbons (Fsp3) is 0.273. The summed E-state index contributed by atoms with van der Waals surface area (Å²) < 4.78 is 13.4. The minimum Gasteiger partial charge on any atom is -0.480 e. The quantitative estimate of drug-likeness (QED) is 0.585. The first-order valence-electron chi connectivity index (χ1n) is 9.24. The van der Waals surface area contributed by atoms with E-state index in [9.17, 15) is 19.1 Å².